The van der Waals surface area contributed by atoms with Gasteiger partial charge in [0.1, 0.15) is 0 Å². The maximum atomic E-state index is 12.6. The van der Waals surface area contributed by atoms with Crippen molar-refractivity contribution in [2.24, 2.45) is 10.9 Å². The fourth-order valence-corrected chi connectivity index (χ4v) is 3.14. The highest BCUT2D eigenvalue weighted by Crippen LogP contribution is 2.15. The molecule has 0 atom stereocenters. The van der Waals surface area contributed by atoms with Gasteiger partial charge in [-0.1, -0.05) is 29.8 Å². The first-order chi connectivity index (χ1) is 11.3. The molecule has 2 rings (SSSR count). The Kier molecular flexibility index (Phi) is 5.32. The molecule has 2 aromatic rings. The molecule has 0 radical (unpaired) electrons. The predicted molar refractivity (Wildman–Crippen MR) is 92.9 cm³/mol. The summed E-state index contributed by atoms with van der Waals surface area (Å²) in [5, 5.41) is 3.05. The quantitative estimate of drug-likeness (QED) is 0.256. The van der Waals surface area contributed by atoms with Crippen LogP contribution in [0.25, 0.3) is 0 Å². The Morgan fingerprint density at radius 3 is 2.29 bits per heavy atom. The number of anilines is 1. The van der Waals surface area contributed by atoms with E-state index in [9.17, 15) is 13.2 Å². The summed E-state index contributed by atoms with van der Waals surface area (Å²) in [4.78, 5) is 11.9. The van der Waals surface area contributed by atoms with Crippen molar-refractivity contribution in [1.82, 2.24) is 5.43 Å². The van der Waals surface area contributed by atoms with E-state index in [1.807, 2.05) is 25.3 Å². The Labute approximate surface area is 140 Å². The van der Waals surface area contributed by atoms with Gasteiger partial charge in [0.2, 0.25) is 14.9 Å². The zero-order valence-corrected chi connectivity index (χ0v) is 14.1. The molecule has 0 aliphatic heterocycles. The van der Waals surface area contributed by atoms with Crippen molar-refractivity contribution in [3.05, 3.63) is 59.7 Å². The van der Waals surface area contributed by atoms with E-state index >= 15 is 0 Å². The fraction of sp³-hybridized carbons (Fsp3) is 0.125. The second-order valence-electron chi connectivity index (χ2n) is 5.19. The predicted octanol–water partition coefficient (Wildman–Crippen LogP) is 1.49. The van der Waals surface area contributed by atoms with E-state index in [0.29, 0.717) is 5.69 Å². The number of hydrazone groups is 1. The van der Waals surface area contributed by atoms with Crippen LogP contribution in [0.1, 0.15) is 11.1 Å². The highest BCUT2D eigenvalue weighted by molar-refractivity contribution is 8.08. The minimum Gasteiger partial charge on any atom is -0.288 e. The van der Waals surface area contributed by atoms with Crippen LogP contribution in [-0.4, -0.2) is 19.4 Å². The van der Waals surface area contributed by atoms with Crippen LogP contribution < -0.4 is 16.7 Å². The van der Waals surface area contributed by atoms with Crippen LogP contribution in [0.15, 0.2) is 58.5 Å². The number of amides is 1. The normalized spacial score (nSPS) is 11.9. The summed E-state index contributed by atoms with van der Waals surface area (Å²) in [5.74, 6) is 4.09. The van der Waals surface area contributed by atoms with Crippen LogP contribution in [0, 0.1) is 13.8 Å². The van der Waals surface area contributed by atoms with E-state index in [0.717, 1.165) is 11.1 Å². The Morgan fingerprint density at radius 1 is 1.04 bits per heavy atom. The number of hydrazine groups is 1. The largest absolute Gasteiger partial charge is 0.297 e. The highest BCUT2D eigenvalue weighted by atomic mass is 32.2. The number of nitrogens with zero attached hydrogens (tertiary/aromatic N) is 1. The molecule has 0 saturated carbocycles. The van der Waals surface area contributed by atoms with Gasteiger partial charge in [0.05, 0.1) is 10.6 Å². The lowest BCUT2D eigenvalue weighted by atomic mass is 10.2. The number of nitrogens with two attached hydrogens (primary N) is 1. The topological polar surface area (TPSA) is 114 Å². The molecule has 0 spiro atoms. The second-order valence-corrected chi connectivity index (χ2v) is 7.05. The molecule has 7 nitrogen and oxygen atoms in total. The molecule has 0 saturated heterocycles. The van der Waals surface area contributed by atoms with Crippen molar-refractivity contribution in [2.45, 2.75) is 18.7 Å². The monoisotopic (exact) mass is 346 g/mol. The number of hydrogen-bond donors (Lipinski definition) is 3. The molecule has 0 unspecified atom stereocenters. The molecule has 8 heteroatoms. The smallest absolute Gasteiger partial charge is 0.288 e. The van der Waals surface area contributed by atoms with Gasteiger partial charge < -0.3 is 0 Å². The molecule has 24 heavy (non-hydrogen) atoms. The van der Waals surface area contributed by atoms with Gasteiger partial charge in [-0.3, -0.25) is 15.6 Å². The zero-order valence-electron chi connectivity index (χ0n) is 13.3. The number of rotatable bonds is 3. The van der Waals surface area contributed by atoms with E-state index in [1.54, 1.807) is 30.3 Å². The Bertz CT molecular complexity index is 874. The van der Waals surface area contributed by atoms with Gasteiger partial charge in [-0.2, -0.15) is 5.10 Å². The van der Waals surface area contributed by atoms with Crippen LogP contribution in [0.2, 0.25) is 0 Å². The first kappa shape index (κ1) is 17.6. The maximum Gasteiger partial charge on any atom is 0.297 e. The molecule has 0 fully saturated rings. The van der Waals surface area contributed by atoms with Gasteiger partial charge in [0, 0.05) is 0 Å². The lowest BCUT2D eigenvalue weighted by Gasteiger charge is -2.08. The minimum absolute atomic E-state index is 0.0403. The molecule has 0 aliphatic carbocycles. The van der Waals surface area contributed by atoms with E-state index in [-0.39, 0.29) is 4.90 Å². The van der Waals surface area contributed by atoms with E-state index in [2.05, 4.69) is 10.5 Å². The van der Waals surface area contributed by atoms with Crippen LogP contribution in [-0.2, 0) is 14.6 Å². The number of carbonyl (C=O) groups is 1. The summed E-state index contributed by atoms with van der Waals surface area (Å²) in [6.07, 6.45) is 0. The molecular weight excluding hydrogens is 328 g/mol. The molecule has 4 N–H and O–H groups in total. The third-order valence-electron chi connectivity index (χ3n) is 3.22. The van der Waals surface area contributed by atoms with Crippen molar-refractivity contribution in [3.8, 4) is 0 Å². The van der Waals surface area contributed by atoms with Crippen molar-refractivity contribution in [1.29, 1.82) is 0 Å². The lowest BCUT2D eigenvalue weighted by Crippen LogP contribution is -2.40. The van der Waals surface area contributed by atoms with E-state index in [1.165, 1.54) is 12.1 Å². The molecule has 0 bridgehead atoms. The Morgan fingerprint density at radius 2 is 1.71 bits per heavy atom. The Hall–Kier alpha value is -2.71. The van der Waals surface area contributed by atoms with E-state index < -0.39 is 20.8 Å². The summed E-state index contributed by atoms with van der Waals surface area (Å²) in [7, 11) is -4.11. The number of benzene rings is 2. The van der Waals surface area contributed by atoms with Crippen LogP contribution in [0.5, 0.6) is 0 Å². The van der Waals surface area contributed by atoms with Gasteiger partial charge in [0.25, 0.3) is 5.91 Å². The average Bonchev–Trinajstić information content (AvgIpc) is 2.55. The van der Waals surface area contributed by atoms with Crippen molar-refractivity contribution in [3.63, 3.8) is 0 Å². The molecule has 0 aliphatic rings. The number of hydrogen-bond acceptors (Lipinski definition) is 6. The molecule has 126 valence electrons. The summed E-state index contributed by atoms with van der Waals surface area (Å²) in [6.45, 7) is 3.71. The van der Waals surface area contributed by atoms with E-state index in [4.69, 9.17) is 5.84 Å². The van der Waals surface area contributed by atoms with Crippen molar-refractivity contribution >= 4 is 26.5 Å². The summed E-state index contributed by atoms with van der Waals surface area (Å²) in [6, 6.07) is 13.2. The minimum atomic E-state index is -4.11. The molecule has 2 aromatic carbocycles. The summed E-state index contributed by atoms with van der Waals surface area (Å²) < 4.78 is 25.3. The molecular formula is C16H18N4O3S. The number of sulfone groups is 1. The summed E-state index contributed by atoms with van der Waals surface area (Å²) in [5.41, 5.74) is 6.80. The van der Waals surface area contributed by atoms with Gasteiger partial charge in [0.15, 0.2) is 0 Å². The van der Waals surface area contributed by atoms with Gasteiger partial charge in [-0.25, -0.2) is 14.3 Å². The molecule has 0 aromatic heterocycles. The number of aryl methyl sites for hydroxylation is 2. The lowest BCUT2D eigenvalue weighted by molar-refractivity contribution is -0.114. The maximum absolute atomic E-state index is 12.6. The molecule has 0 heterocycles. The van der Waals surface area contributed by atoms with Gasteiger partial charge >= 0.3 is 0 Å². The first-order valence-corrected chi connectivity index (χ1v) is 8.56. The number of nitrogens with one attached hydrogen (secondary N) is 2. The van der Waals surface area contributed by atoms with Crippen LogP contribution in [0.3, 0.4) is 0 Å². The van der Waals surface area contributed by atoms with Crippen LogP contribution in [0.4, 0.5) is 5.69 Å². The van der Waals surface area contributed by atoms with Gasteiger partial charge in [-0.15, -0.1) is 0 Å². The second kappa shape index (κ2) is 7.24. The fourth-order valence-electron chi connectivity index (χ4n) is 1.95. The standard InChI is InChI=1S/C16H18N4O3S/c1-11-6-8-14(9-7-11)24(22,23)16(15(21)18-17)20-19-13-5-3-4-12(2)10-13/h3-10,19H,17H2,1-2H3,(H,18,21)/b20-16+. The van der Waals surface area contributed by atoms with Crippen LogP contribution >= 0.6 is 0 Å². The SMILES string of the molecule is Cc1ccc(S(=O)(=O)/C(=N/Nc2cccc(C)c2)C(=O)NN)cc1. The molecule has 1 amide bonds. The summed E-state index contributed by atoms with van der Waals surface area (Å²) >= 11 is 0. The van der Waals surface area contributed by atoms with Crippen molar-refractivity contribution in [2.75, 3.05) is 5.43 Å². The number of carbonyl (C=O) groups excluding carboxylic acids is 1. The van der Waals surface area contributed by atoms with Crippen molar-refractivity contribution < 1.29 is 13.2 Å². The van der Waals surface area contributed by atoms with Gasteiger partial charge in [-0.05, 0) is 43.7 Å². The Balaban J connectivity index is 2.42. The highest BCUT2D eigenvalue weighted by Gasteiger charge is 2.29. The third kappa shape index (κ3) is 3.98. The zero-order chi connectivity index (χ0) is 17.7. The first-order valence-electron chi connectivity index (χ1n) is 7.07. The third-order valence-corrected chi connectivity index (χ3v) is 4.89. The average molecular weight is 346 g/mol.